The van der Waals surface area contributed by atoms with Gasteiger partial charge in [0.15, 0.2) is 0 Å². The number of halogens is 2. The number of nitro benzene ring substituents is 1. The summed E-state index contributed by atoms with van der Waals surface area (Å²) >= 11 is 0. The van der Waals surface area contributed by atoms with Crippen molar-refractivity contribution >= 4 is 23.0 Å². The number of amides is 1. The van der Waals surface area contributed by atoms with E-state index in [0.717, 1.165) is 18.2 Å². The van der Waals surface area contributed by atoms with E-state index >= 15 is 0 Å². The van der Waals surface area contributed by atoms with Crippen LogP contribution in [0.2, 0.25) is 0 Å². The smallest absolute Gasteiger partial charge is 0.274 e. The Morgan fingerprint density at radius 2 is 1.96 bits per heavy atom. The van der Waals surface area contributed by atoms with Gasteiger partial charge in [0, 0.05) is 6.07 Å². The number of hydrogen-bond acceptors (Lipinski definition) is 4. The molecule has 1 amide bonds. The first-order chi connectivity index (χ1) is 10.9. The van der Waals surface area contributed by atoms with Crippen LogP contribution in [0.5, 0.6) is 0 Å². The lowest BCUT2D eigenvalue weighted by Crippen LogP contribution is -2.22. The fourth-order valence-corrected chi connectivity index (χ4v) is 1.96. The van der Waals surface area contributed by atoms with Gasteiger partial charge in [-0.15, -0.1) is 0 Å². The number of rotatable bonds is 5. The lowest BCUT2D eigenvalue weighted by Gasteiger charge is -2.10. The molecule has 0 aliphatic rings. The number of benzene rings is 2. The van der Waals surface area contributed by atoms with Gasteiger partial charge in [0.2, 0.25) is 5.91 Å². The molecule has 8 heteroatoms. The van der Waals surface area contributed by atoms with Crippen molar-refractivity contribution in [3.05, 3.63) is 63.7 Å². The van der Waals surface area contributed by atoms with Gasteiger partial charge in [0.05, 0.1) is 28.4 Å². The van der Waals surface area contributed by atoms with Gasteiger partial charge in [-0.25, -0.2) is 8.78 Å². The van der Waals surface area contributed by atoms with E-state index in [-0.39, 0.29) is 23.6 Å². The zero-order valence-corrected chi connectivity index (χ0v) is 12.1. The molecule has 0 heterocycles. The average molecular weight is 321 g/mol. The number of nitrogens with zero attached hydrogens (tertiary/aromatic N) is 1. The van der Waals surface area contributed by atoms with Crippen molar-refractivity contribution in [2.45, 2.75) is 6.92 Å². The summed E-state index contributed by atoms with van der Waals surface area (Å²) in [5.41, 5.74) is 0.330. The molecular formula is C15H13F2N3O3. The zero-order valence-electron chi connectivity index (χ0n) is 12.1. The molecule has 0 aliphatic heterocycles. The fourth-order valence-electron chi connectivity index (χ4n) is 1.96. The molecule has 0 spiro atoms. The molecule has 0 saturated heterocycles. The monoisotopic (exact) mass is 321 g/mol. The maximum atomic E-state index is 13.4. The van der Waals surface area contributed by atoms with Crippen LogP contribution in [0, 0.1) is 28.7 Å². The molecule has 0 radical (unpaired) electrons. The second-order valence-corrected chi connectivity index (χ2v) is 4.73. The van der Waals surface area contributed by atoms with Gasteiger partial charge >= 0.3 is 0 Å². The summed E-state index contributed by atoms with van der Waals surface area (Å²) in [6, 6.07) is 7.13. The quantitative estimate of drug-likeness (QED) is 0.654. The number of anilines is 2. The molecule has 0 aliphatic carbocycles. The zero-order chi connectivity index (χ0) is 17.0. The van der Waals surface area contributed by atoms with Crippen LogP contribution < -0.4 is 10.6 Å². The first-order valence-corrected chi connectivity index (χ1v) is 6.61. The Bertz CT molecular complexity index is 766. The number of nitrogens with one attached hydrogen (secondary N) is 2. The first-order valence-electron chi connectivity index (χ1n) is 6.61. The van der Waals surface area contributed by atoms with Crippen molar-refractivity contribution in [3.8, 4) is 0 Å². The summed E-state index contributed by atoms with van der Waals surface area (Å²) in [5.74, 6) is -1.87. The number of hydrogen-bond donors (Lipinski definition) is 2. The van der Waals surface area contributed by atoms with E-state index in [9.17, 15) is 23.7 Å². The Labute approximate surface area is 130 Å². The van der Waals surface area contributed by atoms with Crippen molar-refractivity contribution in [3.63, 3.8) is 0 Å². The molecule has 0 unspecified atom stereocenters. The summed E-state index contributed by atoms with van der Waals surface area (Å²) in [4.78, 5) is 22.1. The highest BCUT2D eigenvalue weighted by atomic mass is 19.1. The molecule has 6 nitrogen and oxygen atoms in total. The van der Waals surface area contributed by atoms with Gasteiger partial charge in [0.1, 0.15) is 11.6 Å². The van der Waals surface area contributed by atoms with Crippen LogP contribution in [0.1, 0.15) is 5.56 Å². The molecule has 0 fully saturated rings. The minimum absolute atomic E-state index is 0.119. The van der Waals surface area contributed by atoms with Gasteiger partial charge in [-0.1, -0.05) is 6.07 Å². The van der Waals surface area contributed by atoms with E-state index in [1.165, 1.54) is 25.1 Å². The van der Waals surface area contributed by atoms with Crippen LogP contribution in [0.25, 0.3) is 0 Å². The van der Waals surface area contributed by atoms with Crippen LogP contribution in [0.3, 0.4) is 0 Å². The van der Waals surface area contributed by atoms with Crippen molar-refractivity contribution in [2.75, 3.05) is 17.2 Å². The third-order valence-electron chi connectivity index (χ3n) is 3.14. The highest BCUT2D eigenvalue weighted by Crippen LogP contribution is 2.25. The Morgan fingerprint density at radius 1 is 1.22 bits per heavy atom. The molecule has 0 atom stereocenters. The number of carbonyl (C=O) groups excluding carboxylic acids is 1. The topological polar surface area (TPSA) is 84.3 Å². The van der Waals surface area contributed by atoms with Crippen LogP contribution >= 0.6 is 0 Å². The minimum Gasteiger partial charge on any atom is -0.374 e. The SMILES string of the molecule is Cc1c(NC(=O)CNc2cc(F)ccc2F)cccc1[N+](=O)[O-]. The molecule has 0 bridgehead atoms. The van der Waals surface area contributed by atoms with Crippen molar-refractivity contribution in [1.82, 2.24) is 0 Å². The summed E-state index contributed by atoms with van der Waals surface area (Å²) in [7, 11) is 0. The van der Waals surface area contributed by atoms with Gasteiger partial charge in [-0.3, -0.25) is 14.9 Å². The van der Waals surface area contributed by atoms with Gasteiger partial charge in [-0.2, -0.15) is 0 Å². The maximum absolute atomic E-state index is 13.4. The summed E-state index contributed by atoms with van der Waals surface area (Å²) < 4.78 is 26.4. The molecule has 2 rings (SSSR count). The molecule has 2 N–H and O–H groups in total. The highest BCUT2D eigenvalue weighted by molar-refractivity contribution is 5.94. The third-order valence-corrected chi connectivity index (χ3v) is 3.14. The Balaban J connectivity index is 2.04. The largest absolute Gasteiger partial charge is 0.374 e. The summed E-state index contributed by atoms with van der Waals surface area (Å²) in [6.07, 6.45) is 0. The van der Waals surface area contributed by atoms with Crippen molar-refractivity contribution in [1.29, 1.82) is 0 Å². The summed E-state index contributed by atoms with van der Waals surface area (Å²) in [6.45, 7) is 1.19. The Kier molecular flexibility index (Phi) is 4.85. The predicted molar refractivity (Wildman–Crippen MR) is 81.3 cm³/mol. The van der Waals surface area contributed by atoms with Gasteiger partial charge in [0.25, 0.3) is 5.69 Å². The maximum Gasteiger partial charge on any atom is 0.274 e. The average Bonchev–Trinajstić information content (AvgIpc) is 2.50. The minimum atomic E-state index is -0.689. The molecular weight excluding hydrogens is 308 g/mol. The lowest BCUT2D eigenvalue weighted by atomic mass is 10.1. The van der Waals surface area contributed by atoms with Crippen LogP contribution in [0.15, 0.2) is 36.4 Å². The Hall–Kier alpha value is -3.03. The first kappa shape index (κ1) is 16.3. The molecule has 2 aromatic rings. The van der Waals surface area contributed by atoms with E-state index in [1.807, 2.05) is 0 Å². The van der Waals surface area contributed by atoms with E-state index in [0.29, 0.717) is 5.56 Å². The lowest BCUT2D eigenvalue weighted by molar-refractivity contribution is -0.385. The van der Waals surface area contributed by atoms with Crippen LogP contribution in [-0.4, -0.2) is 17.4 Å². The predicted octanol–water partition coefficient (Wildman–Crippen LogP) is 3.23. The standard InChI is InChI=1S/C15H13F2N3O3/c1-9-12(3-2-4-14(9)20(22)23)19-15(21)8-18-13-7-10(16)5-6-11(13)17/h2-7,18H,8H2,1H3,(H,19,21). The van der Waals surface area contributed by atoms with E-state index in [2.05, 4.69) is 10.6 Å². The van der Waals surface area contributed by atoms with Crippen molar-refractivity contribution in [2.24, 2.45) is 0 Å². The van der Waals surface area contributed by atoms with Crippen molar-refractivity contribution < 1.29 is 18.5 Å². The second-order valence-electron chi connectivity index (χ2n) is 4.73. The number of carbonyl (C=O) groups is 1. The normalized spacial score (nSPS) is 10.2. The molecule has 0 aromatic heterocycles. The fraction of sp³-hybridized carbons (Fsp3) is 0.133. The van der Waals surface area contributed by atoms with E-state index in [1.54, 1.807) is 0 Å². The highest BCUT2D eigenvalue weighted by Gasteiger charge is 2.15. The van der Waals surface area contributed by atoms with Gasteiger partial charge in [-0.05, 0) is 31.2 Å². The van der Waals surface area contributed by atoms with Crippen LogP contribution in [0.4, 0.5) is 25.8 Å². The Morgan fingerprint density at radius 3 is 2.65 bits per heavy atom. The second kappa shape index (κ2) is 6.82. The third kappa shape index (κ3) is 4.00. The number of nitro groups is 1. The molecule has 23 heavy (non-hydrogen) atoms. The van der Waals surface area contributed by atoms with E-state index in [4.69, 9.17) is 0 Å². The summed E-state index contributed by atoms with van der Waals surface area (Å²) in [5, 5.41) is 15.8. The molecule has 2 aromatic carbocycles. The molecule has 120 valence electrons. The van der Waals surface area contributed by atoms with Crippen LogP contribution in [-0.2, 0) is 4.79 Å². The van der Waals surface area contributed by atoms with E-state index < -0.39 is 22.5 Å². The molecule has 0 saturated carbocycles. The van der Waals surface area contributed by atoms with Gasteiger partial charge < -0.3 is 10.6 Å².